The molecule has 0 unspecified atom stereocenters. The van der Waals surface area contributed by atoms with Crippen LogP contribution >= 0.6 is 0 Å². The summed E-state index contributed by atoms with van der Waals surface area (Å²) in [5, 5.41) is 0. The Kier molecular flexibility index (Phi) is 3.88. The van der Waals surface area contributed by atoms with Crippen molar-refractivity contribution in [3.8, 4) is 0 Å². The maximum atomic E-state index is 11.2. The number of ether oxygens (including phenoxy) is 2. The molecule has 1 aliphatic rings. The van der Waals surface area contributed by atoms with Gasteiger partial charge in [-0.25, -0.2) is 4.79 Å². The first-order valence-corrected chi connectivity index (χ1v) is 4.98. The van der Waals surface area contributed by atoms with E-state index in [4.69, 9.17) is 4.74 Å². The van der Waals surface area contributed by atoms with Crippen LogP contribution in [0.2, 0.25) is 0 Å². The first kappa shape index (κ1) is 11.8. The van der Waals surface area contributed by atoms with Gasteiger partial charge in [-0.3, -0.25) is 4.79 Å². The second-order valence-corrected chi connectivity index (χ2v) is 3.72. The molecule has 0 aliphatic carbocycles. The third-order valence-electron chi connectivity index (χ3n) is 2.43. The van der Waals surface area contributed by atoms with Crippen molar-refractivity contribution in [1.82, 2.24) is 0 Å². The molecule has 4 heteroatoms. The van der Waals surface area contributed by atoms with Crippen molar-refractivity contribution < 1.29 is 19.1 Å². The normalized spacial score (nSPS) is 23.3. The first-order chi connectivity index (χ1) is 7.04. The van der Waals surface area contributed by atoms with E-state index in [1.54, 1.807) is 6.92 Å². The number of rotatable bonds is 3. The number of hydrogen-bond acceptors (Lipinski definition) is 4. The third kappa shape index (κ3) is 3.08. The van der Waals surface area contributed by atoms with Gasteiger partial charge in [0.25, 0.3) is 0 Å². The number of Topliss-reactive ketones (excluding diaryl/α,β-unsaturated/α-hetero) is 1. The minimum absolute atomic E-state index is 0.0721. The van der Waals surface area contributed by atoms with Crippen molar-refractivity contribution in [3.63, 3.8) is 0 Å². The zero-order chi connectivity index (χ0) is 11.4. The van der Waals surface area contributed by atoms with E-state index in [0.717, 1.165) is 6.42 Å². The highest BCUT2D eigenvalue weighted by Crippen LogP contribution is 2.28. The second-order valence-electron chi connectivity index (χ2n) is 3.72. The molecule has 0 aromatic rings. The number of methoxy groups -OCH3 is 1. The SMILES string of the molecule is COC(=O)/C(C)=C1\CC[C@H](CC(C)=O)O1. The van der Waals surface area contributed by atoms with Crippen molar-refractivity contribution in [2.75, 3.05) is 7.11 Å². The molecule has 0 saturated carbocycles. The maximum absolute atomic E-state index is 11.2. The molecule has 0 aromatic carbocycles. The number of esters is 1. The van der Waals surface area contributed by atoms with E-state index in [9.17, 15) is 9.59 Å². The van der Waals surface area contributed by atoms with Gasteiger partial charge in [0.1, 0.15) is 17.6 Å². The molecule has 0 amide bonds. The summed E-state index contributed by atoms with van der Waals surface area (Å²) in [6.07, 6.45) is 1.84. The Bertz CT molecular complexity index is 304. The molecular weight excluding hydrogens is 196 g/mol. The van der Waals surface area contributed by atoms with Crippen LogP contribution in [0, 0.1) is 0 Å². The van der Waals surface area contributed by atoms with Gasteiger partial charge >= 0.3 is 5.97 Å². The van der Waals surface area contributed by atoms with Gasteiger partial charge in [-0.1, -0.05) is 0 Å². The minimum Gasteiger partial charge on any atom is -0.494 e. The van der Waals surface area contributed by atoms with Crippen LogP contribution in [-0.2, 0) is 19.1 Å². The number of carbonyl (C=O) groups excluding carboxylic acids is 2. The second kappa shape index (κ2) is 4.96. The van der Waals surface area contributed by atoms with Gasteiger partial charge in [-0.15, -0.1) is 0 Å². The Morgan fingerprint density at radius 3 is 2.67 bits per heavy atom. The Morgan fingerprint density at radius 2 is 2.13 bits per heavy atom. The first-order valence-electron chi connectivity index (χ1n) is 4.98. The molecule has 4 nitrogen and oxygen atoms in total. The molecule has 84 valence electrons. The van der Waals surface area contributed by atoms with Gasteiger partial charge in [-0.2, -0.15) is 0 Å². The molecule has 0 radical (unpaired) electrons. The van der Waals surface area contributed by atoms with E-state index in [1.807, 2.05) is 0 Å². The summed E-state index contributed by atoms with van der Waals surface area (Å²) in [7, 11) is 1.34. The molecule has 0 spiro atoms. The Balaban J connectivity index is 2.62. The smallest absolute Gasteiger partial charge is 0.336 e. The Labute approximate surface area is 89.2 Å². The highest BCUT2D eigenvalue weighted by molar-refractivity contribution is 5.88. The Morgan fingerprint density at radius 1 is 1.47 bits per heavy atom. The van der Waals surface area contributed by atoms with Gasteiger partial charge in [0.15, 0.2) is 0 Å². The molecule has 0 N–H and O–H groups in total. The quantitative estimate of drug-likeness (QED) is 0.526. The number of ketones is 1. The lowest BCUT2D eigenvalue weighted by Gasteiger charge is -2.09. The van der Waals surface area contributed by atoms with Crippen LogP contribution in [0.1, 0.15) is 33.1 Å². The van der Waals surface area contributed by atoms with E-state index < -0.39 is 0 Å². The van der Waals surface area contributed by atoms with E-state index in [2.05, 4.69) is 4.74 Å². The fraction of sp³-hybridized carbons (Fsp3) is 0.636. The number of allylic oxidation sites excluding steroid dienone is 1. The average molecular weight is 212 g/mol. The Hall–Kier alpha value is -1.32. The summed E-state index contributed by atoms with van der Waals surface area (Å²) >= 11 is 0. The molecule has 1 atom stereocenters. The summed E-state index contributed by atoms with van der Waals surface area (Å²) in [4.78, 5) is 22.1. The van der Waals surface area contributed by atoms with Crippen LogP contribution in [0.5, 0.6) is 0 Å². The highest BCUT2D eigenvalue weighted by atomic mass is 16.5. The zero-order valence-electron chi connectivity index (χ0n) is 9.33. The van der Waals surface area contributed by atoms with Crippen molar-refractivity contribution in [3.05, 3.63) is 11.3 Å². The summed E-state index contributed by atoms with van der Waals surface area (Å²) in [6, 6.07) is 0. The van der Waals surface area contributed by atoms with Crippen LogP contribution in [0.15, 0.2) is 11.3 Å². The molecule has 0 aromatic heterocycles. The fourth-order valence-corrected chi connectivity index (χ4v) is 1.62. The molecule has 1 aliphatic heterocycles. The minimum atomic E-state index is -0.367. The van der Waals surface area contributed by atoms with Gasteiger partial charge < -0.3 is 9.47 Å². The summed E-state index contributed by atoms with van der Waals surface area (Å²) in [6.45, 7) is 3.22. The lowest BCUT2D eigenvalue weighted by atomic mass is 10.1. The molecule has 1 fully saturated rings. The van der Waals surface area contributed by atoms with Crippen LogP contribution in [-0.4, -0.2) is 25.0 Å². The van der Waals surface area contributed by atoms with Gasteiger partial charge in [0.2, 0.25) is 0 Å². The monoisotopic (exact) mass is 212 g/mol. The van der Waals surface area contributed by atoms with E-state index in [-0.39, 0.29) is 17.9 Å². The van der Waals surface area contributed by atoms with E-state index in [0.29, 0.717) is 24.2 Å². The summed E-state index contributed by atoms with van der Waals surface area (Å²) in [5.41, 5.74) is 0.503. The number of hydrogen-bond donors (Lipinski definition) is 0. The molecule has 0 bridgehead atoms. The predicted octanol–water partition coefficient (Wildman–Crippen LogP) is 1.59. The summed E-state index contributed by atoms with van der Waals surface area (Å²) in [5.74, 6) is 0.401. The predicted molar refractivity (Wildman–Crippen MR) is 54.1 cm³/mol. The van der Waals surface area contributed by atoms with Crippen LogP contribution in [0.25, 0.3) is 0 Å². The molecule has 15 heavy (non-hydrogen) atoms. The third-order valence-corrected chi connectivity index (χ3v) is 2.43. The summed E-state index contributed by atoms with van der Waals surface area (Å²) < 4.78 is 10.1. The van der Waals surface area contributed by atoms with Crippen LogP contribution in [0.3, 0.4) is 0 Å². The van der Waals surface area contributed by atoms with E-state index in [1.165, 1.54) is 14.0 Å². The van der Waals surface area contributed by atoms with Crippen LogP contribution < -0.4 is 0 Å². The molecule has 1 saturated heterocycles. The van der Waals surface area contributed by atoms with Gasteiger partial charge in [-0.05, 0) is 20.3 Å². The topological polar surface area (TPSA) is 52.6 Å². The maximum Gasteiger partial charge on any atom is 0.336 e. The largest absolute Gasteiger partial charge is 0.494 e. The van der Waals surface area contributed by atoms with Crippen molar-refractivity contribution in [2.45, 2.75) is 39.2 Å². The number of carbonyl (C=O) groups is 2. The molecule has 1 rings (SSSR count). The highest BCUT2D eigenvalue weighted by Gasteiger charge is 2.25. The average Bonchev–Trinajstić information content (AvgIpc) is 2.63. The molecular formula is C11H16O4. The molecule has 1 heterocycles. The fourth-order valence-electron chi connectivity index (χ4n) is 1.62. The zero-order valence-corrected chi connectivity index (χ0v) is 9.33. The standard InChI is InChI=1S/C11H16O4/c1-7(12)6-9-4-5-10(15-9)8(2)11(13)14-3/h9H,4-6H2,1-3H3/b10-8+/t9-/m1/s1. The van der Waals surface area contributed by atoms with Crippen molar-refractivity contribution in [1.29, 1.82) is 0 Å². The lowest BCUT2D eigenvalue weighted by Crippen LogP contribution is -2.10. The van der Waals surface area contributed by atoms with Gasteiger partial charge in [0.05, 0.1) is 12.7 Å². The van der Waals surface area contributed by atoms with Crippen molar-refractivity contribution in [2.24, 2.45) is 0 Å². The van der Waals surface area contributed by atoms with Crippen molar-refractivity contribution >= 4 is 11.8 Å². The van der Waals surface area contributed by atoms with E-state index >= 15 is 0 Å². The van der Waals surface area contributed by atoms with Crippen LogP contribution in [0.4, 0.5) is 0 Å². The lowest BCUT2D eigenvalue weighted by molar-refractivity contribution is -0.136. The van der Waals surface area contributed by atoms with Gasteiger partial charge in [0, 0.05) is 12.8 Å².